The molecule has 0 aromatic rings. The Morgan fingerprint density at radius 3 is 2.21 bits per heavy atom. The van der Waals surface area contributed by atoms with Gasteiger partial charge in [-0.15, -0.1) is 24.8 Å². The largest absolute Gasteiger partial charge is 0.352 e. The van der Waals surface area contributed by atoms with Crippen LogP contribution in [-0.2, 0) is 9.59 Å². The second-order valence-electron chi connectivity index (χ2n) is 8.31. The van der Waals surface area contributed by atoms with Crippen LogP contribution in [0.5, 0.6) is 0 Å². The van der Waals surface area contributed by atoms with Crippen molar-refractivity contribution in [3.05, 3.63) is 0 Å². The second-order valence-corrected chi connectivity index (χ2v) is 8.31. The quantitative estimate of drug-likeness (QED) is 0.669. The van der Waals surface area contributed by atoms with Crippen LogP contribution in [0, 0.1) is 5.92 Å². The van der Waals surface area contributed by atoms with Crippen LogP contribution < -0.4 is 10.6 Å². The van der Waals surface area contributed by atoms with Gasteiger partial charge in [0.15, 0.2) is 0 Å². The number of hydrogen-bond donors (Lipinski definition) is 2. The minimum atomic E-state index is -0.0948. The van der Waals surface area contributed by atoms with Gasteiger partial charge in [0.2, 0.25) is 11.8 Å². The van der Waals surface area contributed by atoms with Crippen molar-refractivity contribution in [2.24, 2.45) is 5.92 Å². The van der Waals surface area contributed by atoms with Crippen LogP contribution in [0.25, 0.3) is 0 Å². The van der Waals surface area contributed by atoms with Crippen molar-refractivity contribution in [2.45, 2.75) is 70.4 Å². The van der Waals surface area contributed by atoms with E-state index >= 15 is 0 Å². The van der Waals surface area contributed by atoms with E-state index in [1.807, 2.05) is 11.8 Å². The maximum Gasteiger partial charge on any atom is 0.237 e. The van der Waals surface area contributed by atoms with E-state index in [4.69, 9.17) is 0 Å². The normalized spacial score (nSPS) is 22.8. The van der Waals surface area contributed by atoms with Crippen molar-refractivity contribution in [1.82, 2.24) is 20.4 Å². The SMILES string of the molecule is CC(C(=O)NC1CCCC1)N1CCN(C(=O)CCC2CCNCC2)CC1.Cl.Cl. The predicted molar refractivity (Wildman–Crippen MR) is 117 cm³/mol. The molecule has 1 atom stereocenters. The fourth-order valence-corrected chi connectivity index (χ4v) is 4.57. The van der Waals surface area contributed by atoms with E-state index in [2.05, 4.69) is 15.5 Å². The van der Waals surface area contributed by atoms with E-state index < -0.39 is 0 Å². The number of halogens is 2. The predicted octanol–water partition coefficient (Wildman–Crippen LogP) is 2.20. The average molecular weight is 437 g/mol. The lowest BCUT2D eigenvalue weighted by molar-refractivity contribution is -0.134. The van der Waals surface area contributed by atoms with E-state index in [0.717, 1.165) is 58.5 Å². The maximum absolute atomic E-state index is 12.5. The molecule has 2 heterocycles. The molecule has 0 radical (unpaired) electrons. The number of nitrogens with one attached hydrogen (secondary N) is 2. The van der Waals surface area contributed by atoms with Crippen LogP contribution in [0.3, 0.4) is 0 Å². The van der Waals surface area contributed by atoms with Crippen molar-refractivity contribution in [2.75, 3.05) is 39.3 Å². The molecule has 3 aliphatic rings. The zero-order valence-corrected chi connectivity index (χ0v) is 18.8. The zero-order valence-electron chi connectivity index (χ0n) is 17.2. The van der Waals surface area contributed by atoms with E-state index in [1.54, 1.807) is 0 Å². The number of amides is 2. The first-order valence-corrected chi connectivity index (χ1v) is 10.7. The lowest BCUT2D eigenvalue weighted by Gasteiger charge is -2.38. The Bertz CT molecular complexity index is 475. The molecule has 2 N–H and O–H groups in total. The number of piperidine rings is 1. The number of rotatable bonds is 6. The molecule has 3 fully saturated rings. The van der Waals surface area contributed by atoms with Gasteiger partial charge in [0.05, 0.1) is 6.04 Å². The van der Waals surface area contributed by atoms with Crippen LogP contribution >= 0.6 is 24.8 Å². The van der Waals surface area contributed by atoms with Gasteiger partial charge in [0, 0.05) is 38.6 Å². The highest BCUT2D eigenvalue weighted by molar-refractivity contribution is 5.85. The van der Waals surface area contributed by atoms with Crippen molar-refractivity contribution in [3.63, 3.8) is 0 Å². The zero-order chi connectivity index (χ0) is 18.4. The summed E-state index contributed by atoms with van der Waals surface area (Å²) in [5.41, 5.74) is 0. The molecule has 2 amide bonds. The highest BCUT2D eigenvalue weighted by Gasteiger charge is 2.29. The number of carbonyl (C=O) groups is 2. The molecular formula is C20H38Cl2N4O2. The topological polar surface area (TPSA) is 64.7 Å². The summed E-state index contributed by atoms with van der Waals surface area (Å²) in [6.45, 7) is 7.31. The third-order valence-electron chi connectivity index (χ3n) is 6.52. The number of piperazine rings is 1. The van der Waals surface area contributed by atoms with Crippen molar-refractivity contribution < 1.29 is 9.59 Å². The van der Waals surface area contributed by atoms with Gasteiger partial charge in [-0.1, -0.05) is 12.8 Å². The minimum absolute atomic E-state index is 0. The van der Waals surface area contributed by atoms with E-state index in [-0.39, 0.29) is 36.8 Å². The molecule has 1 saturated carbocycles. The summed E-state index contributed by atoms with van der Waals surface area (Å²) in [7, 11) is 0. The molecule has 6 nitrogen and oxygen atoms in total. The monoisotopic (exact) mass is 436 g/mol. The lowest BCUT2D eigenvalue weighted by Crippen LogP contribution is -2.55. The Hall–Kier alpha value is -0.560. The van der Waals surface area contributed by atoms with Crippen LogP contribution in [0.15, 0.2) is 0 Å². The Labute approximate surface area is 182 Å². The Kier molecular flexibility index (Phi) is 11.7. The van der Waals surface area contributed by atoms with Crippen LogP contribution in [0.4, 0.5) is 0 Å². The summed E-state index contributed by atoms with van der Waals surface area (Å²) in [6, 6.07) is 0.283. The highest BCUT2D eigenvalue weighted by Crippen LogP contribution is 2.20. The molecule has 1 aliphatic carbocycles. The second kappa shape index (κ2) is 12.9. The smallest absolute Gasteiger partial charge is 0.237 e. The molecule has 0 bridgehead atoms. The van der Waals surface area contributed by atoms with E-state index in [9.17, 15) is 9.59 Å². The van der Waals surface area contributed by atoms with Gasteiger partial charge in [-0.25, -0.2) is 0 Å². The summed E-state index contributed by atoms with van der Waals surface area (Å²) in [5, 5.41) is 6.58. The third-order valence-corrected chi connectivity index (χ3v) is 6.52. The molecule has 0 aromatic carbocycles. The summed E-state index contributed by atoms with van der Waals surface area (Å²) in [6.07, 6.45) is 8.83. The van der Waals surface area contributed by atoms with E-state index in [1.165, 1.54) is 25.7 Å². The Morgan fingerprint density at radius 2 is 1.61 bits per heavy atom. The van der Waals surface area contributed by atoms with Crippen LogP contribution in [0.2, 0.25) is 0 Å². The Morgan fingerprint density at radius 1 is 1.00 bits per heavy atom. The fraction of sp³-hybridized carbons (Fsp3) is 0.900. The van der Waals surface area contributed by atoms with Crippen LogP contribution in [-0.4, -0.2) is 73.0 Å². The van der Waals surface area contributed by atoms with Crippen molar-refractivity contribution in [3.8, 4) is 0 Å². The van der Waals surface area contributed by atoms with Gasteiger partial charge in [-0.2, -0.15) is 0 Å². The maximum atomic E-state index is 12.5. The molecular weight excluding hydrogens is 399 g/mol. The van der Waals surface area contributed by atoms with Gasteiger partial charge in [0.25, 0.3) is 0 Å². The molecule has 1 unspecified atom stereocenters. The Balaban J connectivity index is 0.00000196. The molecule has 8 heteroatoms. The van der Waals surface area contributed by atoms with Gasteiger partial charge in [-0.3, -0.25) is 14.5 Å². The van der Waals surface area contributed by atoms with Gasteiger partial charge >= 0.3 is 0 Å². The molecule has 2 aliphatic heterocycles. The standard InChI is InChI=1S/C20H36N4O2.2ClH/c1-16(20(26)22-18-4-2-3-5-18)23-12-14-24(15-13-23)19(25)7-6-17-8-10-21-11-9-17;;/h16-18,21H,2-15H2,1H3,(H,22,26);2*1H. The first-order valence-electron chi connectivity index (χ1n) is 10.7. The van der Waals surface area contributed by atoms with Crippen LogP contribution in [0.1, 0.15) is 58.3 Å². The van der Waals surface area contributed by atoms with Gasteiger partial charge in [-0.05, 0) is 58.0 Å². The molecule has 3 rings (SSSR count). The summed E-state index contributed by atoms with van der Waals surface area (Å²) in [4.78, 5) is 29.2. The fourth-order valence-electron chi connectivity index (χ4n) is 4.57. The molecule has 2 saturated heterocycles. The third kappa shape index (κ3) is 7.36. The first-order chi connectivity index (χ1) is 12.6. The van der Waals surface area contributed by atoms with Gasteiger partial charge in [0.1, 0.15) is 0 Å². The number of carbonyl (C=O) groups excluding carboxylic acids is 2. The van der Waals surface area contributed by atoms with Crippen molar-refractivity contribution >= 4 is 36.6 Å². The number of hydrogen-bond acceptors (Lipinski definition) is 4. The first kappa shape index (κ1) is 25.5. The summed E-state index contributed by atoms with van der Waals surface area (Å²) < 4.78 is 0. The molecule has 28 heavy (non-hydrogen) atoms. The van der Waals surface area contributed by atoms with Crippen molar-refractivity contribution in [1.29, 1.82) is 0 Å². The van der Waals surface area contributed by atoms with E-state index in [0.29, 0.717) is 24.3 Å². The van der Waals surface area contributed by atoms with Gasteiger partial charge < -0.3 is 15.5 Å². The molecule has 0 spiro atoms. The average Bonchev–Trinajstić information content (AvgIpc) is 3.19. The molecule has 164 valence electrons. The summed E-state index contributed by atoms with van der Waals surface area (Å²) >= 11 is 0. The molecule has 0 aromatic heterocycles. The lowest BCUT2D eigenvalue weighted by atomic mass is 9.93. The minimum Gasteiger partial charge on any atom is -0.352 e. The summed E-state index contributed by atoms with van der Waals surface area (Å²) in [5.74, 6) is 1.16. The highest BCUT2D eigenvalue weighted by atomic mass is 35.5. The number of nitrogens with zero attached hydrogens (tertiary/aromatic N) is 2.